The molecule has 0 aromatic heterocycles. The smallest absolute Gasteiger partial charge is 0.305 e. The number of Topliss-reactive ketones (excluding diaryl/α,β-unsaturated/α-hetero) is 1. The third kappa shape index (κ3) is 7.23. The number of carbonyl (C=O) groups is 2. The van der Waals surface area contributed by atoms with Gasteiger partial charge in [-0.05, 0) is 51.7 Å². The fourth-order valence-electron chi connectivity index (χ4n) is 2.20. The first kappa shape index (κ1) is 17.6. The summed E-state index contributed by atoms with van der Waals surface area (Å²) in [5.74, 6) is -0.0114. The van der Waals surface area contributed by atoms with E-state index in [-0.39, 0.29) is 23.5 Å². The van der Waals surface area contributed by atoms with Crippen molar-refractivity contribution in [2.75, 3.05) is 7.11 Å². The van der Waals surface area contributed by atoms with E-state index in [1.807, 2.05) is 39.0 Å². The zero-order chi connectivity index (χ0) is 15.9. The summed E-state index contributed by atoms with van der Waals surface area (Å²) >= 11 is 0. The fraction of sp³-hybridized carbons (Fsp3) is 0.647. The predicted molar refractivity (Wildman–Crippen MR) is 82.0 cm³/mol. The Kier molecular flexibility index (Phi) is 6.82. The third-order valence-electron chi connectivity index (χ3n) is 3.12. The number of hydrogen-bond acceptors (Lipinski definition) is 4. The van der Waals surface area contributed by atoms with Crippen LogP contribution in [0.15, 0.2) is 23.8 Å². The van der Waals surface area contributed by atoms with Gasteiger partial charge in [0.2, 0.25) is 0 Å². The molecule has 0 amide bonds. The molecule has 21 heavy (non-hydrogen) atoms. The van der Waals surface area contributed by atoms with Gasteiger partial charge >= 0.3 is 5.97 Å². The maximum Gasteiger partial charge on any atom is 0.305 e. The van der Waals surface area contributed by atoms with Crippen molar-refractivity contribution in [3.05, 3.63) is 23.8 Å². The van der Waals surface area contributed by atoms with Gasteiger partial charge in [-0.25, -0.2) is 0 Å². The first-order chi connectivity index (χ1) is 9.81. The van der Waals surface area contributed by atoms with Crippen molar-refractivity contribution in [2.45, 2.75) is 64.6 Å². The number of allylic oxidation sites excluding steroid dienone is 3. The van der Waals surface area contributed by atoms with Gasteiger partial charge in [0.05, 0.1) is 18.8 Å². The van der Waals surface area contributed by atoms with Crippen LogP contribution in [-0.2, 0) is 19.1 Å². The van der Waals surface area contributed by atoms with E-state index in [0.717, 1.165) is 18.4 Å². The highest BCUT2D eigenvalue weighted by atomic mass is 16.5. The van der Waals surface area contributed by atoms with Crippen LogP contribution in [0.5, 0.6) is 0 Å². The monoisotopic (exact) mass is 294 g/mol. The number of rotatable bonds is 7. The summed E-state index contributed by atoms with van der Waals surface area (Å²) in [7, 11) is 1.40. The van der Waals surface area contributed by atoms with E-state index >= 15 is 0 Å². The summed E-state index contributed by atoms with van der Waals surface area (Å²) in [5.41, 5.74) is 0.592. The largest absolute Gasteiger partial charge is 0.469 e. The molecule has 1 aliphatic rings. The Morgan fingerprint density at radius 2 is 2.10 bits per heavy atom. The molecule has 1 atom stereocenters. The van der Waals surface area contributed by atoms with Crippen molar-refractivity contribution in [1.29, 1.82) is 0 Å². The molecule has 0 spiro atoms. The third-order valence-corrected chi connectivity index (χ3v) is 3.12. The minimum Gasteiger partial charge on any atom is -0.469 e. The number of unbranched alkanes of at least 4 members (excludes halogenated alkanes) is 1. The van der Waals surface area contributed by atoms with Crippen molar-refractivity contribution in [2.24, 2.45) is 0 Å². The van der Waals surface area contributed by atoms with Crippen LogP contribution in [0.25, 0.3) is 0 Å². The van der Waals surface area contributed by atoms with Crippen molar-refractivity contribution < 1.29 is 19.1 Å². The van der Waals surface area contributed by atoms with Gasteiger partial charge in [0.1, 0.15) is 0 Å². The van der Waals surface area contributed by atoms with Gasteiger partial charge in [-0.3, -0.25) is 9.59 Å². The van der Waals surface area contributed by atoms with Crippen molar-refractivity contribution in [1.82, 2.24) is 0 Å². The molecule has 118 valence electrons. The Balaban J connectivity index is 2.32. The van der Waals surface area contributed by atoms with Gasteiger partial charge in [0.15, 0.2) is 5.78 Å². The molecule has 4 nitrogen and oxygen atoms in total. The molecule has 0 heterocycles. The summed E-state index contributed by atoms with van der Waals surface area (Å²) in [5, 5.41) is 0. The van der Waals surface area contributed by atoms with E-state index in [4.69, 9.17) is 4.74 Å². The highest BCUT2D eigenvalue weighted by Gasteiger charge is 2.27. The van der Waals surface area contributed by atoms with Crippen LogP contribution in [0.1, 0.15) is 52.9 Å². The molecule has 0 saturated carbocycles. The van der Waals surface area contributed by atoms with Crippen LogP contribution >= 0.6 is 0 Å². The molecule has 0 N–H and O–H groups in total. The molecule has 0 aromatic rings. The summed E-state index contributed by atoms with van der Waals surface area (Å²) in [6.45, 7) is 5.97. The van der Waals surface area contributed by atoms with Crippen LogP contribution < -0.4 is 0 Å². The Morgan fingerprint density at radius 3 is 2.71 bits per heavy atom. The van der Waals surface area contributed by atoms with Crippen LogP contribution in [0.3, 0.4) is 0 Å². The highest BCUT2D eigenvalue weighted by Crippen LogP contribution is 2.24. The van der Waals surface area contributed by atoms with Gasteiger partial charge < -0.3 is 9.47 Å². The number of ether oxygens (including phenoxy) is 2. The standard InChI is InChI=1S/C17H26O4/c1-17(2,3)21-14-11-13(15(18)12-14)9-7-5-6-8-10-16(19)20-4/h5,7,11,14H,6,8-10,12H2,1-4H3/b7-5-. The Morgan fingerprint density at radius 1 is 1.38 bits per heavy atom. The quantitative estimate of drug-likeness (QED) is 0.410. The van der Waals surface area contributed by atoms with Gasteiger partial charge in [0.25, 0.3) is 0 Å². The summed E-state index contributed by atoms with van der Waals surface area (Å²) in [6, 6.07) is 0. The molecule has 1 unspecified atom stereocenters. The topological polar surface area (TPSA) is 52.6 Å². The lowest BCUT2D eigenvalue weighted by atomic mass is 10.1. The van der Waals surface area contributed by atoms with E-state index in [2.05, 4.69) is 4.74 Å². The van der Waals surface area contributed by atoms with Gasteiger partial charge in [-0.2, -0.15) is 0 Å². The van der Waals surface area contributed by atoms with Crippen molar-refractivity contribution in [3.63, 3.8) is 0 Å². The van der Waals surface area contributed by atoms with Crippen LogP contribution in [0.2, 0.25) is 0 Å². The first-order valence-corrected chi connectivity index (χ1v) is 7.45. The van der Waals surface area contributed by atoms with Crippen LogP contribution in [0.4, 0.5) is 0 Å². The Bertz CT molecular complexity index is 427. The molecule has 1 aliphatic carbocycles. The molecule has 0 saturated heterocycles. The molecule has 0 radical (unpaired) electrons. The lowest BCUT2D eigenvalue weighted by Crippen LogP contribution is -2.25. The molecular formula is C17H26O4. The molecule has 0 aromatic carbocycles. The molecule has 0 fully saturated rings. The highest BCUT2D eigenvalue weighted by molar-refractivity contribution is 5.98. The number of methoxy groups -OCH3 is 1. The SMILES string of the molecule is COC(=O)CCC/C=C\CC1=CC(OC(C)(C)C)CC1=O. The summed E-state index contributed by atoms with van der Waals surface area (Å²) < 4.78 is 10.4. The maximum absolute atomic E-state index is 11.9. The second-order valence-corrected chi connectivity index (χ2v) is 6.23. The molecule has 4 heteroatoms. The number of carbonyl (C=O) groups excluding carboxylic acids is 2. The summed E-state index contributed by atoms with van der Waals surface area (Å²) in [4.78, 5) is 22.8. The van der Waals surface area contributed by atoms with Gasteiger partial charge in [0, 0.05) is 12.8 Å². The fourth-order valence-corrected chi connectivity index (χ4v) is 2.20. The minimum atomic E-state index is -0.235. The number of ketones is 1. The minimum absolute atomic E-state index is 0.0970. The zero-order valence-corrected chi connectivity index (χ0v) is 13.5. The lowest BCUT2D eigenvalue weighted by molar-refractivity contribution is -0.140. The maximum atomic E-state index is 11.9. The zero-order valence-electron chi connectivity index (χ0n) is 13.5. The average Bonchev–Trinajstić information content (AvgIpc) is 2.71. The second kappa shape index (κ2) is 8.13. The normalized spacial score (nSPS) is 19.1. The van der Waals surface area contributed by atoms with E-state index in [1.165, 1.54) is 7.11 Å². The van der Waals surface area contributed by atoms with Gasteiger partial charge in [-0.15, -0.1) is 0 Å². The Hall–Kier alpha value is -1.42. The lowest BCUT2D eigenvalue weighted by Gasteiger charge is -2.23. The average molecular weight is 294 g/mol. The van der Waals surface area contributed by atoms with E-state index in [9.17, 15) is 9.59 Å². The van der Waals surface area contributed by atoms with E-state index < -0.39 is 0 Å². The number of hydrogen-bond donors (Lipinski definition) is 0. The summed E-state index contributed by atoms with van der Waals surface area (Å²) in [6.07, 6.45) is 8.94. The van der Waals surface area contributed by atoms with Crippen molar-refractivity contribution >= 4 is 11.8 Å². The molecular weight excluding hydrogens is 268 g/mol. The van der Waals surface area contributed by atoms with E-state index in [1.54, 1.807) is 0 Å². The second-order valence-electron chi connectivity index (χ2n) is 6.23. The Labute approximate surface area is 127 Å². The van der Waals surface area contributed by atoms with Crippen LogP contribution in [-0.4, -0.2) is 30.6 Å². The first-order valence-electron chi connectivity index (χ1n) is 7.45. The molecule has 1 rings (SSSR count). The number of esters is 1. The molecule has 0 aliphatic heterocycles. The van der Waals surface area contributed by atoms with E-state index in [0.29, 0.717) is 19.3 Å². The molecule has 0 bridgehead atoms. The van der Waals surface area contributed by atoms with Gasteiger partial charge in [-0.1, -0.05) is 12.2 Å². The van der Waals surface area contributed by atoms with Crippen molar-refractivity contribution in [3.8, 4) is 0 Å². The van der Waals surface area contributed by atoms with Crippen LogP contribution in [0, 0.1) is 0 Å². The predicted octanol–water partition coefficient (Wildman–Crippen LogP) is 3.36.